The van der Waals surface area contributed by atoms with Crippen LogP contribution in [0.3, 0.4) is 0 Å². The van der Waals surface area contributed by atoms with E-state index < -0.39 is 13.4 Å². The molecule has 15 heavy (non-hydrogen) atoms. The normalized spacial score (nSPS) is 13.2. The standard InChI is InChI=1S/C10H22BF3N/c1-5-10(6-2)15(7-9(3)4)8-11(12,13)14/h9-10H,5-8H2,1-4H3/q-1. The Kier molecular flexibility index (Phi) is 6.33. The molecule has 0 aromatic heterocycles. The van der Waals surface area contributed by atoms with Crippen molar-refractivity contribution >= 4 is 6.98 Å². The fourth-order valence-corrected chi connectivity index (χ4v) is 1.91. The zero-order chi connectivity index (χ0) is 12.1. The van der Waals surface area contributed by atoms with Crippen molar-refractivity contribution in [1.29, 1.82) is 0 Å². The highest BCUT2D eigenvalue weighted by Gasteiger charge is 2.29. The molecule has 0 saturated heterocycles. The van der Waals surface area contributed by atoms with Gasteiger partial charge in [-0.3, -0.25) is 0 Å². The number of hydrogen-bond donors (Lipinski definition) is 0. The Bertz CT molecular complexity index is 167. The third kappa shape index (κ3) is 6.82. The zero-order valence-corrected chi connectivity index (χ0v) is 10.1. The summed E-state index contributed by atoms with van der Waals surface area (Å²) >= 11 is 0. The molecule has 0 saturated carbocycles. The Labute approximate surface area is 91.1 Å². The average molecular weight is 224 g/mol. The fourth-order valence-electron chi connectivity index (χ4n) is 1.91. The second kappa shape index (κ2) is 6.41. The third-order valence-corrected chi connectivity index (χ3v) is 2.50. The lowest BCUT2D eigenvalue weighted by Crippen LogP contribution is -2.45. The van der Waals surface area contributed by atoms with Crippen LogP contribution in [0.5, 0.6) is 0 Å². The molecule has 0 fully saturated rings. The van der Waals surface area contributed by atoms with Gasteiger partial charge in [-0.15, -0.1) is 0 Å². The first-order valence-electron chi connectivity index (χ1n) is 5.75. The first kappa shape index (κ1) is 14.8. The van der Waals surface area contributed by atoms with Crippen LogP contribution in [-0.4, -0.2) is 30.9 Å². The maximum absolute atomic E-state index is 12.4. The van der Waals surface area contributed by atoms with Crippen LogP contribution in [0, 0.1) is 5.92 Å². The van der Waals surface area contributed by atoms with Crippen molar-refractivity contribution in [2.75, 3.05) is 13.0 Å². The van der Waals surface area contributed by atoms with Crippen LogP contribution in [0.2, 0.25) is 0 Å². The van der Waals surface area contributed by atoms with Crippen molar-refractivity contribution in [3.63, 3.8) is 0 Å². The summed E-state index contributed by atoms with van der Waals surface area (Å²) in [6.45, 7) is 3.65. The maximum Gasteiger partial charge on any atom is 0.492 e. The van der Waals surface area contributed by atoms with Gasteiger partial charge >= 0.3 is 6.98 Å². The highest BCUT2D eigenvalue weighted by atomic mass is 19.4. The largest absolute Gasteiger partial charge is 0.492 e. The highest BCUT2D eigenvalue weighted by molar-refractivity contribution is 6.58. The van der Waals surface area contributed by atoms with Crippen molar-refractivity contribution < 1.29 is 12.9 Å². The van der Waals surface area contributed by atoms with Crippen LogP contribution < -0.4 is 0 Å². The van der Waals surface area contributed by atoms with Gasteiger partial charge in [0.2, 0.25) is 0 Å². The van der Waals surface area contributed by atoms with Gasteiger partial charge in [0.15, 0.2) is 0 Å². The molecule has 0 aliphatic carbocycles. The molecule has 0 aromatic rings. The lowest BCUT2D eigenvalue weighted by Gasteiger charge is -2.35. The van der Waals surface area contributed by atoms with E-state index in [-0.39, 0.29) is 12.0 Å². The molecule has 0 N–H and O–H groups in total. The molecule has 5 heteroatoms. The topological polar surface area (TPSA) is 3.24 Å². The van der Waals surface area contributed by atoms with Gasteiger partial charge in [0.1, 0.15) is 0 Å². The molecule has 0 unspecified atom stereocenters. The van der Waals surface area contributed by atoms with Crippen molar-refractivity contribution in [2.45, 2.75) is 46.6 Å². The summed E-state index contributed by atoms with van der Waals surface area (Å²) < 4.78 is 37.2. The molecule has 0 atom stereocenters. The van der Waals surface area contributed by atoms with Gasteiger partial charge in [0, 0.05) is 6.04 Å². The molecule has 1 nitrogen and oxygen atoms in total. The zero-order valence-electron chi connectivity index (χ0n) is 10.1. The fraction of sp³-hybridized carbons (Fsp3) is 1.00. The molecule has 92 valence electrons. The van der Waals surface area contributed by atoms with Gasteiger partial charge < -0.3 is 17.8 Å². The van der Waals surface area contributed by atoms with E-state index in [9.17, 15) is 12.9 Å². The molecule has 0 spiro atoms. The molecule has 0 aliphatic heterocycles. The lowest BCUT2D eigenvalue weighted by atomic mass is 9.89. The second-order valence-corrected chi connectivity index (χ2v) is 4.53. The van der Waals surface area contributed by atoms with Crippen molar-refractivity contribution in [1.82, 2.24) is 4.90 Å². The molecule has 0 radical (unpaired) electrons. The van der Waals surface area contributed by atoms with Crippen LogP contribution >= 0.6 is 0 Å². The summed E-state index contributed by atoms with van der Waals surface area (Å²) in [5.41, 5.74) is 0. The molecule has 0 aromatic carbocycles. The van der Waals surface area contributed by atoms with Crippen LogP contribution in [-0.2, 0) is 0 Å². The Morgan fingerprint density at radius 1 is 1.07 bits per heavy atom. The summed E-state index contributed by atoms with van der Waals surface area (Å²) in [6, 6.07) is 0.0656. The van der Waals surface area contributed by atoms with E-state index in [1.54, 1.807) is 4.90 Å². The highest BCUT2D eigenvalue weighted by Crippen LogP contribution is 2.17. The van der Waals surface area contributed by atoms with Gasteiger partial charge in [-0.05, 0) is 31.7 Å². The average Bonchev–Trinajstić information content (AvgIpc) is 2.01. The lowest BCUT2D eigenvalue weighted by molar-refractivity contribution is 0.175. The molecule has 0 rings (SSSR count). The Hall–Kier alpha value is -0.185. The van der Waals surface area contributed by atoms with E-state index in [1.165, 1.54) is 0 Å². The minimum absolute atomic E-state index is 0.0656. The predicted molar refractivity (Wildman–Crippen MR) is 59.9 cm³/mol. The molecule has 0 bridgehead atoms. The second-order valence-electron chi connectivity index (χ2n) is 4.53. The summed E-state index contributed by atoms with van der Waals surface area (Å²) in [5, 5.41) is 0. The van der Waals surface area contributed by atoms with E-state index in [1.807, 2.05) is 27.7 Å². The number of halogens is 3. The number of nitrogens with zero attached hydrogens (tertiary/aromatic N) is 1. The van der Waals surface area contributed by atoms with E-state index in [0.717, 1.165) is 12.8 Å². The molecule has 0 aliphatic rings. The molecule has 0 amide bonds. The number of hydrogen-bond acceptors (Lipinski definition) is 1. The van der Waals surface area contributed by atoms with Gasteiger partial charge in [-0.2, -0.15) is 0 Å². The summed E-state index contributed by atoms with van der Waals surface area (Å²) in [7, 11) is 0. The predicted octanol–water partition coefficient (Wildman–Crippen LogP) is 3.52. The van der Waals surface area contributed by atoms with Gasteiger partial charge in [-0.1, -0.05) is 27.7 Å². The Morgan fingerprint density at radius 2 is 1.53 bits per heavy atom. The van der Waals surface area contributed by atoms with Crippen molar-refractivity contribution in [2.24, 2.45) is 5.92 Å². The van der Waals surface area contributed by atoms with Crippen LogP contribution in [0.25, 0.3) is 0 Å². The third-order valence-electron chi connectivity index (χ3n) is 2.50. The molecule has 0 heterocycles. The van der Waals surface area contributed by atoms with E-state index in [2.05, 4.69) is 0 Å². The monoisotopic (exact) mass is 224 g/mol. The van der Waals surface area contributed by atoms with E-state index in [0.29, 0.717) is 6.54 Å². The first-order chi connectivity index (χ1) is 6.80. The maximum atomic E-state index is 12.4. The van der Waals surface area contributed by atoms with Crippen LogP contribution in [0.4, 0.5) is 12.9 Å². The molecular weight excluding hydrogens is 202 g/mol. The summed E-state index contributed by atoms with van der Waals surface area (Å²) in [6.07, 6.45) is 0.856. The van der Waals surface area contributed by atoms with Crippen molar-refractivity contribution in [3.05, 3.63) is 0 Å². The van der Waals surface area contributed by atoms with Crippen LogP contribution in [0.1, 0.15) is 40.5 Å². The molecular formula is C10H22BF3N-. The van der Waals surface area contributed by atoms with Gasteiger partial charge in [-0.25, -0.2) is 0 Å². The van der Waals surface area contributed by atoms with Gasteiger partial charge in [0.25, 0.3) is 0 Å². The van der Waals surface area contributed by atoms with Crippen molar-refractivity contribution in [3.8, 4) is 0 Å². The minimum Gasteiger partial charge on any atom is -0.448 e. The smallest absolute Gasteiger partial charge is 0.448 e. The quantitative estimate of drug-likeness (QED) is 0.598. The summed E-state index contributed by atoms with van der Waals surface area (Å²) in [4.78, 5) is 1.59. The van der Waals surface area contributed by atoms with E-state index >= 15 is 0 Å². The van der Waals surface area contributed by atoms with Crippen LogP contribution in [0.15, 0.2) is 0 Å². The van der Waals surface area contributed by atoms with Gasteiger partial charge in [0.05, 0.1) is 0 Å². The minimum atomic E-state index is -4.70. The Morgan fingerprint density at radius 3 is 1.80 bits per heavy atom. The Balaban J connectivity index is 4.42. The number of rotatable bonds is 7. The van der Waals surface area contributed by atoms with E-state index in [4.69, 9.17) is 0 Å². The first-order valence-corrected chi connectivity index (χ1v) is 5.75. The summed E-state index contributed by atoms with van der Waals surface area (Å²) in [5.74, 6) is 0.281. The SMILES string of the molecule is CCC(CC)N(CC(C)C)C[B-](F)(F)F.